The number of carbonyl (C=O) groups is 2. The van der Waals surface area contributed by atoms with Gasteiger partial charge in [-0.15, -0.1) is 0 Å². The number of hydrogen-bond acceptors (Lipinski definition) is 3. The van der Waals surface area contributed by atoms with Crippen molar-refractivity contribution in [2.24, 2.45) is 5.92 Å². The minimum Gasteiger partial charge on any atom is -0.376 e. The van der Waals surface area contributed by atoms with E-state index in [1.807, 2.05) is 4.90 Å². The van der Waals surface area contributed by atoms with Gasteiger partial charge in [-0.05, 0) is 38.0 Å². The molecule has 0 aromatic carbocycles. The number of piperazine rings is 1. The molecule has 2 atom stereocenters. The average molecular weight is 292 g/mol. The second-order valence-corrected chi connectivity index (χ2v) is 7.15. The summed E-state index contributed by atoms with van der Waals surface area (Å²) >= 11 is 0. The van der Waals surface area contributed by atoms with Crippen LogP contribution in [0.3, 0.4) is 0 Å². The van der Waals surface area contributed by atoms with Gasteiger partial charge in [0.05, 0.1) is 12.1 Å². The molecule has 2 amide bonds. The minimum absolute atomic E-state index is 0.0120. The maximum absolute atomic E-state index is 13.1. The second-order valence-electron chi connectivity index (χ2n) is 7.15. The Kier molecular flexibility index (Phi) is 3.21. The summed E-state index contributed by atoms with van der Waals surface area (Å²) in [6, 6.07) is 0.120. The normalized spacial score (nSPS) is 36.1. The average Bonchev–Trinajstić information content (AvgIpc) is 3.21. The fourth-order valence-corrected chi connectivity index (χ4v) is 4.43. The first-order chi connectivity index (χ1) is 10.2. The summed E-state index contributed by atoms with van der Waals surface area (Å²) in [4.78, 5) is 27.1. The van der Waals surface area contributed by atoms with Crippen LogP contribution in [0, 0.1) is 5.92 Å². The van der Waals surface area contributed by atoms with Crippen LogP contribution < -0.4 is 5.32 Å². The number of amides is 2. The molecule has 2 unspecified atom stereocenters. The van der Waals surface area contributed by atoms with Crippen LogP contribution in [0.2, 0.25) is 0 Å². The Bertz CT molecular complexity index is 454. The summed E-state index contributed by atoms with van der Waals surface area (Å²) < 4.78 is 5.88. The monoisotopic (exact) mass is 292 g/mol. The van der Waals surface area contributed by atoms with Crippen molar-refractivity contribution in [3.63, 3.8) is 0 Å². The van der Waals surface area contributed by atoms with Crippen molar-refractivity contribution >= 4 is 11.8 Å². The lowest BCUT2D eigenvalue weighted by Crippen LogP contribution is -2.69. The van der Waals surface area contributed by atoms with Crippen LogP contribution in [0.25, 0.3) is 0 Å². The SMILES string of the molecule is O=C1CN(C2CCOC2C2CC2)C(=O)C2(CCCCC2)N1. The number of carbonyl (C=O) groups excluding carboxylic acids is 2. The van der Waals surface area contributed by atoms with Crippen molar-refractivity contribution in [3.8, 4) is 0 Å². The Hall–Kier alpha value is -1.10. The largest absolute Gasteiger partial charge is 0.376 e. The van der Waals surface area contributed by atoms with Gasteiger partial charge in [-0.1, -0.05) is 19.3 Å². The lowest BCUT2D eigenvalue weighted by atomic mass is 9.78. The Labute approximate surface area is 125 Å². The smallest absolute Gasteiger partial charge is 0.249 e. The summed E-state index contributed by atoms with van der Waals surface area (Å²) in [5, 5.41) is 3.02. The molecule has 0 aromatic heterocycles. The van der Waals surface area contributed by atoms with E-state index in [1.54, 1.807) is 0 Å². The predicted molar refractivity (Wildman–Crippen MR) is 76.5 cm³/mol. The topological polar surface area (TPSA) is 58.6 Å². The van der Waals surface area contributed by atoms with E-state index in [2.05, 4.69) is 5.32 Å². The summed E-state index contributed by atoms with van der Waals surface area (Å²) in [7, 11) is 0. The van der Waals surface area contributed by atoms with Crippen LogP contribution in [0.4, 0.5) is 0 Å². The van der Waals surface area contributed by atoms with E-state index in [9.17, 15) is 9.59 Å². The Morgan fingerprint density at radius 1 is 1.10 bits per heavy atom. The van der Waals surface area contributed by atoms with Crippen LogP contribution in [0.5, 0.6) is 0 Å². The molecular weight excluding hydrogens is 268 g/mol. The number of hydrogen-bond donors (Lipinski definition) is 1. The van der Waals surface area contributed by atoms with Gasteiger partial charge in [-0.3, -0.25) is 9.59 Å². The lowest BCUT2D eigenvalue weighted by Gasteiger charge is -2.46. The molecule has 2 aliphatic carbocycles. The molecule has 0 aromatic rings. The third-order valence-corrected chi connectivity index (χ3v) is 5.66. The van der Waals surface area contributed by atoms with E-state index >= 15 is 0 Å². The molecular formula is C16H24N2O3. The van der Waals surface area contributed by atoms with E-state index in [-0.39, 0.29) is 30.5 Å². The van der Waals surface area contributed by atoms with Crippen LogP contribution >= 0.6 is 0 Å². The van der Waals surface area contributed by atoms with Crippen molar-refractivity contribution in [1.82, 2.24) is 10.2 Å². The zero-order valence-electron chi connectivity index (χ0n) is 12.5. The number of ether oxygens (including phenoxy) is 1. The summed E-state index contributed by atoms with van der Waals surface area (Å²) in [6.07, 6.45) is 8.31. The highest BCUT2D eigenvalue weighted by Crippen LogP contribution is 2.42. The molecule has 116 valence electrons. The third-order valence-electron chi connectivity index (χ3n) is 5.66. The molecule has 0 bridgehead atoms. The maximum Gasteiger partial charge on any atom is 0.249 e. The quantitative estimate of drug-likeness (QED) is 0.832. The van der Waals surface area contributed by atoms with E-state index in [0.29, 0.717) is 5.92 Å². The van der Waals surface area contributed by atoms with Crippen LogP contribution in [0.15, 0.2) is 0 Å². The highest BCUT2D eigenvalue weighted by atomic mass is 16.5. The Morgan fingerprint density at radius 3 is 2.57 bits per heavy atom. The van der Waals surface area contributed by atoms with Crippen molar-refractivity contribution < 1.29 is 14.3 Å². The summed E-state index contributed by atoms with van der Waals surface area (Å²) in [6.45, 7) is 0.946. The molecule has 4 aliphatic rings. The van der Waals surface area contributed by atoms with E-state index in [1.165, 1.54) is 19.3 Å². The Morgan fingerprint density at radius 2 is 1.86 bits per heavy atom. The lowest BCUT2D eigenvalue weighted by molar-refractivity contribution is -0.155. The third kappa shape index (κ3) is 2.26. The molecule has 4 fully saturated rings. The van der Waals surface area contributed by atoms with Crippen LogP contribution in [-0.2, 0) is 14.3 Å². The van der Waals surface area contributed by atoms with E-state index < -0.39 is 5.54 Å². The van der Waals surface area contributed by atoms with Crippen molar-refractivity contribution in [1.29, 1.82) is 0 Å². The highest BCUT2D eigenvalue weighted by molar-refractivity contribution is 5.98. The van der Waals surface area contributed by atoms with Gasteiger partial charge in [-0.25, -0.2) is 0 Å². The molecule has 2 heterocycles. The van der Waals surface area contributed by atoms with Gasteiger partial charge >= 0.3 is 0 Å². The Balaban J connectivity index is 1.58. The zero-order chi connectivity index (χ0) is 14.4. The molecule has 21 heavy (non-hydrogen) atoms. The fourth-order valence-electron chi connectivity index (χ4n) is 4.43. The first kappa shape index (κ1) is 13.6. The van der Waals surface area contributed by atoms with E-state index in [4.69, 9.17) is 4.74 Å². The highest BCUT2D eigenvalue weighted by Gasteiger charge is 2.52. The summed E-state index contributed by atoms with van der Waals surface area (Å²) in [5.74, 6) is 0.776. The van der Waals surface area contributed by atoms with Gasteiger partial charge in [0.2, 0.25) is 11.8 Å². The van der Waals surface area contributed by atoms with E-state index in [0.717, 1.165) is 38.7 Å². The predicted octanol–water partition coefficient (Wildman–Crippen LogP) is 1.22. The van der Waals surface area contributed by atoms with Crippen molar-refractivity contribution in [3.05, 3.63) is 0 Å². The first-order valence-electron chi connectivity index (χ1n) is 8.43. The standard InChI is InChI=1S/C16H24N2O3/c19-13-10-18(12-6-9-21-14(12)11-4-5-11)15(20)16(17-13)7-2-1-3-8-16/h11-12,14H,1-10H2,(H,17,19). The zero-order valence-corrected chi connectivity index (χ0v) is 12.5. The van der Waals surface area contributed by atoms with Gasteiger partial charge in [0.15, 0.2) is 0 Å². The summed E-state index contributed by atoms with van der Waals surface area (Å²) in [5.41, 5.74) is -0.607. The minimum atomic E-state index is -0.607. The molecule has 2 saturated heterocycles. The molecule has 0 radical (unpaired) electrons. The second kappa shape index (κ2) is 4.97. The van der Waals surface area contributed by atoms with Gasteiger partial charge in [0.1, 0.15) is 12.1 Å². The van der Waals surface area contributed by atoms with Gasteiger partial charge in [-0.2, -0.15) is 0 Å². The van der Waals surface area contributed by atoms with Crippen molar-refractivity contribution in [2.45, 2.75) is 69.1 Å². The van der Waals surface area contributed by atoms with Gasteiger partial charge in [0, 0.05) is 6.61 Å². The number of rotatable bonds is 2. The molecule has 4 rings (SSSR count). The fraction of sp³-hybridized carbons (Fsp3) is 0.875. The van der Waals surface area contributed by atoms with Gasteiger partial charge in [0.25, 0.3) is 0 Å². The number of nitrogens with zero attached hydrogens (tertiary/aromatic N) is 1. The molecule has 1 spiro atoms. The number of nitrogens with one attached hydrogen (secondary N) is 1. The van der Waals surface area contributed by atoms with Crippen molar-refractivity contribution in [2.75, 3.05) is 13.2 Å². The first-order valence-corrected chi connectivity index (χ1v) is 8.43. The van der Waals surface area contributed by atoms with Crippen LogP contribution in [-0.4, -0.2) is 47.6 Å². The molecule has 2 aliphatic heterocycles. The molecule has 1 N–H and O–H groups in total. The van der Waals surface area contributed by atoms with Crippen LogP contribution in [0.1, 0.15) is 51.4 Å². The molecule has 5 nitrogen and oxygen atoms in total. The molecule has 5 heteroatoms. The van der Waals surface area contributed by atoms with Gasteiger partial charge < -0.3 is 15.0 Å². The molecule has 2 saturated carbocycles. The maximum atomic E-state index is 13.1.